The fraction of sp³-hybridized carbons (Fsp3) is 1.00. The standard InChI is InChI=1S/C4H11BN.3CH4/c1-5-4-6(2)3;;;/h4H2,1-3H3;3*1H4. The van der Waals surface area contributed by atoms with E-state index in [0.717, 1.165) is 6.44 Å². The molecule has 0 N–H and O–H groups in total. The van der Waals surface area contributed by atoms with Crippen LogP contribution in [0.5, 0.6) is 0 Å². The molecule has 0 unspecified atom stereocenters. The van der Waals surface area contributed by atoms with E-state index in [2.05, 4.69) is 33.1 Å². The molecule has 0 aromatic rings. The van der Waals surface area contributed by atoms with Crippen molar-refractivity contribution in [2.75, 3.05) is 20.5 Å². The summed E-state index contributed by atoms with van der Waals surface area (Å²) < 4.78 is 0. The number of nitrogens with zero attached hydrogens (tertiary/aromatic N) is 1. The maximum absolute atomic E-state index is 2.12. The Labute approximate surface area is 62.7 Å². The van der Waals surface area contributed by atoms with Crippen LogP contribution in [0.4, 0.5) is 0 Å². The Bertz CT molecular complexity index is 30.1. The molecule has 0 aliphatic heterocycles. The molecule has 0 saturated carbocycles. The third kappa shape index (κ3) is 31.8. The molecule has 0 aromatic carbocycles. The molecular weight excluding hydrogens is 109 g/mol. The Hall–Kier alpha value is 0.0249. The lowest BCUT2D eigenvalue weighted by atomic mass is 9.82. The van der Waals surface area contributed by atoms with Crippen molar-refractivity contribution in [2.24, 2.45) is 0 Å². The molecule has 0 aliphatic rings. The van der Waals surface area contributed by atoms with Gasteiger partial charge in [0.05, 0.1) is 0 Å². The highest BCUT2D eigenvalue weighted by Crippen LogP contribution is 1.66. The van der Waals surface area contributed by atoms with Crippen LogP contribution in [0.25, 0.3) is 0 Å². The highest BCUT2D eigenvalue weighted by atomic mass is 15.0. The predicted octanol–water partition coefficient (Wildman–Crippen LogP) is 2.17. The van der Waals surface area contributed by atoms with Crippen LogP contribution in [0.15, 0.2) is 0 Å². The molecular formula is C7H23BN. The SMILES string of the molecule is C.C.C.C[B]CN(C)C. The van der Waals surface area contributed by atoms with E-state index in [1.807, 2.05) is 0 Å². The first-order valence-corrected chi connectivity index (χ1v) is 2.20. The van der Waals surface area contributed by atoms with Gasteiger partial charge < -0.3 is 4.90 Å². The van der Waals surface area contributed by atoms with E-state index in [1.165, 1.54) is 0 Å². The summed E-state index contributed by atoms with van der Waals surface area (Å²) in [6, 6.07) is 0. The molecule has 1 nitrogen and oxygen atoms in total. The second kappa shape index (κ2) is 15.7. The zero-order valence-electron chi connectivity index (χ0n) is 4.73. The Morgan fingerprint density at radius 2 is 1.44 bits per heavy atom. The van der Waals surface area contributed by atoms with Gasteiger partial charge in [-0.05, 0) is 20.5 Å². The van der Waals surface area contributed by atoms with Gasteiger partial charge in [-0.3, -0.25) is 0 Å². The fourth-order valence-corrected chi connectivity index (χ4v) is 0.365. The first-order valence-electron chi connectivity index (χ1n) is 2.20. The van der Waals surface area contributed by atoms with Gasteiger partial charge in [0, 0.05) is 0 Å². The summed E-state index contributed by atoms with van der Waals surface area (Å²) in [7, 11) is 6.24. The van der Waals surface area contributed by atoms with Gasteiger partial charge in [0.1, 0.15) is 7.28 Å². The Morgan fingerprint density at radius 1 is 1.11 bits per heavy atom. The molecule has 2 heteroatoms. The minimum absolute atomic E-state index is 0. The lowest BCUT2D eigenvalue weighted by Gasteiger charge is -2.03. The summed E-state index contributed by atoms with van der Waals surface area (Å²) in [6.45, 7) is 2.06. The first kappa shape index (κ1) is 23.0. The minimum Gasteiger partial charge on any atom is -0.317 e. The molecule has 0 spiro atoms. The molecule has 0 bridgehead atoms. The summed E-state index contributed by atoms with van der Waals surface area (Å²) in [5.41, 5.74) is 0. The van der Waals surface area contributed by atoms with Crippen molar-refractivity contribution in [3.8, 4) is 0 Å². The van der Waals surface area contributed by atoms with Gasteiger partial charge in [-0.25, -0.2) is 0 Å². The smallest absolute Gasteiger partial charge is 0.125 e. The summed E-state index contributed by atoms with van der Waals surface area (Å²) in [6.07, 6.45) is 1.08. The molecule has 0 aliphatic carbocycles. The minimum atomic E-state index is 0. The van der Waals surface area contributed by atoms with Crippen molar-refractivity contribution in [2.45, 2.75) is 29.1 Å². The average molecular weight is 132 g/mol. The second-order valence-corrected chi connectivity index (χ2v) is 1.67. The van der Waals surface area contributed by atoms with Gasteiger partial charge >= 0.3 is 0 Å². The first-order chi connectivity index (χ1) is 2.77. The average Bonchev–Trinajstić information content (AvgIpc) is 1.35. The van der Waals surface area contributed by atoms with Crippen LogP contribution in [0.2, 0.25) is 6.82 Å². The highest BCUT2D eigenvalue weighted by Gasteiger charge is 1.81. The van der Waals surface area contributed by atoms with Crippen molar-refractivity contribution in [3.05, 3.63) is 0 Å². The van der Waals surface area contributed by atoms with E-state index in [-0.39, 0.29) is 22.3 Å². The third-order valence-electron chi connectivity index (χ3n) is 0.548. The van der Waals surface area contributed by atoms with Crippen LogP contribution in [-0.2, 0) is 0 Å². The van der Waals surface area contributed by atoms with Crippen LogP contribution in [0.3, 0.4) is 0 Å². The van der Waals surface area contributed by atoms with Crippen LogP contribution in [0.1, 0.15) is 22.3 Å². The maximum Gasteiger partial charge on any atom is 0.125 e. The van der Waals surface area contributed by atoms with Crippen molar-refractivity contribution in [1.29, 1.82) is 0 Å². The summed E-state index contributed by atoms with van der Waals surface area (Å²) in [5, 5.41) is 0. The Balaban J connectivity index is -0.0000000417. The molecule has 1 radical (unpaired) electrons. The van der Waals surface area contributed by atoms with Gasteiger partial charge in [0.15, 0.2) is 0 Å². The van der Waals surface area contributed by atoms with Crippen LogP contribution in [-0.4, -0.2) is 32.7 Å². The Kier molecular flexibility index (Phi) is 40.1. The number of rotatable bonds is 2. The van der Waals surface area contributed by atoms with Crippen LogP contribution < -0.4 is 0 Å². The molecule has 0 fully saturated rings. The van der Waals surface area contributed by atoms with E-state index < -0.39 is 0 Å². The van der Waals surface area contributed by atoms with Crippen molar-refractivity contribution in [3.63, 3.8) is 0 Å². The molecule has 0 heterocycles. The molecule has 0 saturated heterocycles. The Morgan fingerprint density at radius 3 is 1.44 bits per heavy atom. The lowest BCUT2D eigenvalue weighted by Crippen LogP contribution is -2.16. The molecule has 0 atom stereocenters. The topological polar surface area (TPSA) is 3.24 Å². The van der Waals surface area contributed by atoms with Crippen molar-refractivity contribution >= 4 is 7.28 Å². The quantitative estimate of drug-likeness (QED) is 0.520. The highest BCUT2D eigenvalue weighted by molar-refractivity contribution is 6.33. The summed E-state index contributed by atoms with van der Waals surface area (Å²) >= 11 is 0. The van der Waals surface area contributed by atoms with Gasteiger partial charge in [-0.15, -0.1) is 0 Å². The molecule has 59 valence electrons. The van der Waals surface area contributed by atoms with Gasteiger partial charge in [0.25, 0.3) is 0 Å². The zero-order chi connectivity index (χ0) is 4.99. The van der Waals surface area contributed by atoms with Crippen molar-refractivity contribution < 1.29 is 0 Å². The van der Waals surface area contributed by atoms with E-state index in [4.69, 9.17) is 0 Å². The molecule has 0 rings (SSSR count). The van der Waals surface area contributed by atoms with Gasteiger partial charge in [-0.1, -0.05) is 29.1 Å². The molecule has 0 amide bonds. The normalized spacial score (nSPS) is 6.22. The van der Waals surface area contributed by atoms with E-state index in [0.29, 0.717) is 0 Å². The second-order valence-electron chi connectivity index (χ2n) is 1.67. The lowest BCUT2D eigenvalue weighted by molar-refractivity contribution is 0.478. The molecule has 0 aromatic heterocycles. The third-order valence-corrected chi connectivity index (χ3v) is 0.548. The van der Waals surface area contributed by atoms with Crippen LogP contribution >= 0.6 is 0 Å². The maximum atomic E-state index is 2.12. The fourth-order valence-electron chi connectivity index (χ4n) is 0.365. The van der Waals surface area contributed by atoms with Gasteiger partial charge in [0.2, 0.25) is 0 Å². The predicted molar refractivity (Wildman–Crippen MR) is 50.4 cm³/mol. The number of hydrogen-bond acceptors (Lipinski definition) is 1. The molecule has 9 heavy (non-hydrogen) atoms. The zero-order valence-corrected chi connectivity index (χ0v) is 4.73. The van der Waals surface area contributed by atoms with E-state index >= 15 is 0 Å². The monoisotopic (exact) mass is 132 g/mol. The largest absolute Gasteiger partial charge is 0.317 e. The van der Waals surface area contributed by atoms with E-state index in [1.54, 1.807) is 0 Å². The van der Waals surface area contributed by atoms with Crippen LogP contribution in [0, 0.1) is 0 Å². The summed E-state index contributed by atoms with van der Waals surface area (Å²) in [4.78, 5) is 2.12. The number of hydrogen-bond donors (Lipinski definition) is 0. The van der Waals surface area contributed by atoms with Crippen molar-refractivity contribution in [1.82, 2.24) is 4.90 Å². The van der Waals surface area contributed by atoms with Gasteiger partial charge in [-0.2, -0.15) is 0 Å². The van der Waals surface area contributed by atoms with E-state index in [9.17, 15) is 0 Å². The summed E-state index contributed by atoms with van der Waals surface area (Å²) in [5.74, 6) is 0.